The summed E-state index contributed by atoms with van der Waals surface area (Å²) in [6.07, 6.45) is 5.65. The summed E-state index contributed by atoms with van der Waals surface area (Å²) >= 11 is 6.56. The van der Waals surface area contributed by atoms with Crippen LogP contribution in [-0.2, 0) is 19.6 Å². The summed E-state index contributed by atoms with van der Waals surface area (Å²) in [5, 5.41) is 8.82. The molecule has 3 rings (SSSR count). The largest absolute Gasteiger partial charge is 0.337 e. The van der Waals surface area contributed by atoms with E-state index in [4.69, 9.17) is 11.6 Å². The topological polar surface area (TPSA) is 47.7 Å². The number of nitrogens with one attached hydrogen (secondary N) is 1. The van der Waals surface area contributed by atoms with Crippen LogP contribution in [0.2, 0.25) is 5.15 Å². The van der Waals surface area contributed by atoms with Crippen molar-refractivity contribution in [1.29, 1.82) is 0 Å². The average molecular weight is 358 g/mol. The van der Waals surface area contributed by atoms with E-state index in [9.17, 15) is 0 Å². The molecule has 5 nitrogen and oxygen atoms in total. The smallest absolute Gasteiger partial charge is 0.132 e. The van der Waals surface area contributed by atoms with Crippen LogP contribution in [0.1, 0.15) is 23.7 Å². The standard InChI is InChI=1S/C19H24ClN5/c1-15(12-24-9-8-21-14-24)10-22-11-18-16(2)23-25(19(18)20)13-17-6-4-3-5-7-17/h3-9,14-15,22H,10-13H2,1-2H3. The highest BCUT2D eigenvalue weighted by atomic mass is 35.5. The van der Waals surface area contributed by atoms with Gasteiger partial charge in [-0.05, 0) is 24.9 Å². The molecule has 1 aromatic carbocycles. The lowest BCUT2D eigenvalue weighted by Crippen LogP contribution is -2.23. The molecule has 3 aromatic rings. The molecule has 2 heterocycles. The van der Waals surface area contributed by atoms with E-state index in [1.807, 2.05) is 48.5 Å². The lowest BCUT2D eigenvalue weighted by atomic mass is 10.1. The fourth-order valence-corrected chi connectivity index (χ4v) is 3.22. The van der Waals surface area contributed by atoms with Crippen molar-refractivity contribution in [2.45, 2.75) is 33.5 Å². The van der Waals surface area contributed by atoms with Gasteiger partial charge in [0.2, 0.25) is 0 Å². The maximum atomic E-state index is 6.56. The number of aromatic nitrogens is 4. The second-order valence-corrected chi connectivity index (χ2v) is 6.85. The Balaban J connectivity index is 1.55. The Morgan fingerprint density at radius 2 is 2.04 bits per heavy atom. The summed E-state index contributed by atoms with van der Waals surface area (Å²) in [5.74, 6) is 0.507. The summed E-state index contributed by atoms with van der Waals surface area (Å²) < 4.78 is 3.97. The summed E-state index contributed by atoms with van der Waals surface area (Å²) in [7, 11) is 0. The van der Waals surface area contributed by atoms with Crippen LogP contribution in [0.5, 0.6) is 0 Å². The van der Waals surface area contributed by atoms with Crippen LogP contribution in [0.4, 0.5) is 0 Å². The van der Waals surface area contributed by atoms with Crippen LogP contribution in [0.15, 0.2) is 49.1 Å². The van der Waals surface area contributed by atoms with Crippen molar-refractivity contribution >= 4 is 11.6 Å². The molecule has 0 radical (unpaired) electrons. The molecule has 25 heavy (non-hydrogen) atoms. The Hall–Kier alpha value is -2.11. The summed E-state index contributed by atoms with van der Waals surface area (Å²) in [5.41, 5.74) is 3.25. The number of nitrogens with zero attached hydrogens (tertiary/aromatic N) is 4. The van der Waals surface area contributed by atoms with E-state index < -0.39 is 0 Å². The molecule has 0 aliphatic heterocycles. The third-order valence-electron chi connectivity index (χ3n) is 4.23. The van der Waals surface area contributed by atoms with E-state index in [-0.39, 0.29) is 0 Å². The molecule has 0 aliphatic rings. The Bertz CT molecular complexity index is 780. The minimum absolute atomic E-state index is 0.507. The van der Waals surface area contributed by atoms with Crippen molar-refractivity contribution in [3.63, 3.8) is 0 Å². The van der Waals surface area contributed by atoms with Gasteiger partial charge in [0.15, 0.2) is 0 Å². The first-order valence-corrected chi connectivity index (χ1v) is 8.93. The molecular formula is C19H24ClN5. The summed E-state index contributed by atoms with van der Waals surface area (Å²) in [6.45, 7) is 7.52. The quantitative estimate of drug-likeness (QED) is 0.671. The number of halogens is 1. The van der Waals surface area contributed by atoms with E-state index in [0.29, 0.717) is 12.5 Å². The van der Waals surface area contributed by atoms with Gasteiger partial charge in [-0.25, -0.2) is 9.67 Å². The summed E-state index contributed by atoms with van der Waals surface area (Å²) in [6, 6.07) is 10.2. The molecule has 0 saturated heterocycles. The van der Waals surface area contributed by atoms with Crippen LogP contribution in [0.3, 0.4) is 0 Å². The number of benzene rings is 1. The van der Waals surface area contributed by atoms with Crippen LogP contribution in [0, 0.1) is 12.8 Å². The first-order chi connectivity index (χ1) is 12.1. The molecule has 0 spiro atoms. The Morgan fingerprint density at radius 1 is 1.24 bits per heavy atom. The molecule has 0 saturated carbocycles. The van der Waals surface area contributed by atoms with Crippen LogP contribution < -0.4 is 5.32 Å². The van der Waals surface area contributed by atoms with Gasteiger partial charge in [0, 0.05) is 31.0 Å². The van der Waals surface area contributed by atoms with Crippen molar-refractivity contribution in [2.24, 2.45) is 5.92 Å². The van der Waals surface area contributed by atoms with E-state index in [0.717, 1.165) is 36.0 Å². The predicted molar refractivity (Wildman–Crippen MR) is 101 cm³/mol. The van der Waals surface area contributed by atoms with Crippen LogP contribution in [0.25, 0.3) is 0 Å². The van der Waals surface area contributed by atoms with Crippen molar-refractivity contribution in [3.8, 4) is 0 Å². The van der Waals surface area contributed by atoms with Gasteiger partial charge >= 0.3 is 0 Å². The van der Waals surface area contributed by atoms with Crippen molar-refractivity contribution in [1.82, 2.24) is 24.6 Å². The summed E-state index contributed by atoms with van der Waals surface area (Å²) in [4.78, 5) is 4.08. The fraction of sp³-hybridized carbons (Fsp3) is 0.368. The van der Waals surface area contributed by atoms with Gasteiger partial charge in [-0.1, -0.05) is 48.9 Å². The lowest BCUT2D eigenvalue weighted by Gasteiger charge is -2.13. The Labute approximate surface area is 153 Å². The maximum absolute atomic E-state index is 6.56. The number of imidazole rings is 1. The number of hydrogen-bond donors (Lipinski definition) is 1. The highest BCUT2D eigenvalue weighted by Crippen LogP contribution is 2.20. The zero-order valence-corrected chi connectivity index (χ0v) is 15.4. The maximum Gasteiger partial charge on any atom is 0.132 e. The monoisotopic (exact) mass is 357 g/mol. The van der Waals surface area contributed by atoms with Crippen molar-refractivity contribution in [3.05, 3.63) is 71.0 Å². The number of hydrogen-bond acceptors (Lipinski definition) is 3. The van der Waals surface area contributed by atoms with Gasteiger partial charge in [-0.15, -0.1) is 0 Å². The molecule has 132 valence electrons. The van der Waals surface area contributed by atoms with Crippen LogP contribution >= 0.6 is 11.6 Å². The SMILES string of the molecule is Cc1nn(Cc2ccccc2)c(Cl)c1CNCC(C)Cn1ccnc1. The minimum Gasteiger partial charge on any atom is -0.337 e. The lowest BCUT2D eigenvalue weighted by molar-refractivity contribution is 0.444. The molecule has 1 N–H and O–H groups in total. The predicted octanol–water partition coefficient (Wildman–Crippen LogP) is 3.52. The highest BCUT2D eigenvalue weighted by molar-refractivity contribution is 6.30. The van der Waals surface area contributed by atoms with Crippen molar-refractivity contribution in [2.75, 3.05) is 6.54 Å². The normalized spacial score (nSPS) is 12.4. The zero-order chi connectivity index (χ0) is 17.6. The van der Waals surface area contributed by atoms with Gasteiger partial charge in [-0.2, -0.15) is 5.10 Å². The Morgan fingerprint density at radius 3 is 2.76 bits per heavy atom. The zero-order valence-electron chi connectivity index (χ0n) is 14.7. The molecule has 1 atom stereocenters. The van der Waals surface area contributed by atoms with Gasteiger partial charge in [0.05, 0.1) is 18.6 Å². The number of rotatable bonds is 8. The Kier molecular flexibility index (Phi) is 5.89. The first-order valence-electron chi connectivity index (χ1n) is 8.55. The second kappa shape index (κ2) is 8.32. The molecule has 0 aliphatic carbocycles. The fourth-order valence-electron chi connectivity index (χ4n) is 2.92. The van der Waals surface area contributed by atoms with E-state index in [1.54, 1.807) is 0 Å². The third kappa shape index (κ3) is 4.71. The van der Waals surface area contributed by atoms with E-state index in [2.05, 4.69) is 39.0 Å². The molecule has 6 heteroatoms. The molecular weight excluding hydrogens is 334 g/mol. The van der Waals surface area contributed by atoms with Gasteiger partial charge < -0.3 is 9.88 Å². The van der Waals surface area contributed by atoms with Crippen molar-refractivity contribution < 1.29 is 0 Å². The number of aryl methyl sites for hydroxylation is 1. The second-order valence-electron chi connectivity index (χ2n) is 6.49. The molecule has 1 unspecified atom stereocenters. The molecule has 2 aromatic heterocycles. The average Bonchev–Trinajstić information content (AvgIpc) is 3.19. The van der Waals surface area contributed by atoms with Gasteiger partial charge in [0.25, 0.3) is 0 Å². The molecule has 0 amide bonds. The van der Waals surface area contributed by atoms with Crippen LogP contribution in [-0.4, -0.2) is 25.9 Å². The highest BCUT2D eigenvalue weighted by Gasteiger charge is 2.13. The molecule has 0 bridgehead atoms. The van der Waals surface area contributed by atoms with Gasteiger partial charge in [-0.3, -0.25) is 0 Å². The third-order valence-corrected chi connectivity index (χ3v) is 4.66. The van der Waals surface area contributed by atoms with E-state index >= 15 is 0 Å². The van der Waals surface area contributed by atoms with Gasteiger partial charge in [0.1, 0.15) is 5.15 Å². The van der Waals surface area contributed by atoms with E-state index in [1.165, 1.54) is 5.56 Å². The first kappa shape index (κ1) is 17.7. The molecule has 0 fully saturated rings. The minimum atomic E-state index is 0.507.